The second-order valence-corrected chi connectivity index (χ2v) is 8.06. The van der Waals surface area contributed by atoms with E-state index in [9.17, 15) is 4.79 Å². The first-order valence-electron chi connectivity index (χ1n) is 11.7. The first-order chi connectivity index (χ1) is 17.1. The first-order valence-corrected chi connectivity index (χ1v) is 11.7. The van der Waals surface area contributed by atoms with Crippen molar-refractivity contribution >= 4 is 28.6 Å². The molecule has 7 nitrogen and oxygen atoms in total. The molecule has 35 heavy (non-hydrogen) atoms. The van der Waals surface area contributed by atoms with Crippen LogP contribution in [0.3, 0.4) is 0 Å². The number of ether oxygens (including phenoxy) is 3. The van der Waals surface area contributed by atoms with Gasteiger partial charge in [0.05, 0.1) is 48.7 Å². The number of rotatable bonds is 7. The number of benzene rings is 3. The number of hydrogen-bond donors (Lipinski definition) is 1. The molecule has 0 unspecified atom stereocenters. The zero-order chi connectivity index (χ0) is 24.4. The molecule has 4 aromatic rings. The number of hydrogen-bond acceptors (Lipinski definition) is 6. The summed E-state index contributed by atoms with van der Waals surface area (Å²) in [7, 11) is 1.63. The Hall–Kier alpha value is -4.26. The second kappa shape index (κ2) is 9.54. The van der Waals surface area contributed by atoms with Crippen LogP contribution in [0.5, 0.6) is 11.5 Å². The Morgan fingerprint density at radius 1 is 0.943 bits per heavy atom. The monoisotopic (exact) mass is 469 g/mol. The number of imidazole rings is 1. The number of para-hydroxylation sites is 2. The summed E-state index contributed by atoms with van der Waals surface area (Å²) >= 11 is 0. The minimum atomic E-state index is -0.453. The molecular weight excluding hydrogens is 442 g/mol. The van der Waals surface area contributed by atoms with Gasteiger partial charge in [-0.3, -0.25) is 4.57 Å². The van der Waals surface area contributed by atoms with Gasteiger partial charge in [0.2, 0.25) is 5.95 Å². The molecule has 2 heterocycles. The molecule has 0 saturated carbocycles. The van der Waals surface area contributed by atoms with Crippen LogP contribution in [0, 0.1) is 0 Å². The number of carbonyl (C=O) groups excluding carboxylic acids is 1. The van der Waals surface area contributed by atoms with Crippen LogP contribution in [0.1, 0.15) is 31.0 Å². The van der Waals surface area contributed by atoms with Crippen LogP contribution in [0.15, 0.2) is 78.4 Å². The van der Waals surface area contributed by atoms with Crippen LogP contribution in [0.25, 0.3) is 16.7 Å². The molecule has 5 rings (SSSR count). The molecule has 178 valence electrons. The van der Waals surface area contributed by atoms with Gasteiger partial charge in [-0.15, -0.1) is 0 Å². The molecule has 0 radical (unpaired) electrons. The van der Waals surface area contributed by atoms with Gasteiger partial charge in [-0.1, -0.05) is 24.3 Å². The highest BCUT2D eigenvalue weighted by molar-refractivity contribution is 6.03. The molecule has 1 aliphatic heterocycles. The Morgan fingerprint density at radius 3 is 2.34 bits per heavy atom. The van der Waals surface area contributed by atoms with Gasteiger partial charge >= 0.3 is 5.97 Å². The summed E-state index contributed by atoms with van der Waals surface area (Å²) in [5.74, 6) is 1.79. The number of carbonyl (C=O) groups is 1. The summed E-state index contributed by atoms with van der Waals surface area (Å²) in [6.07, 6.45) is 0. The molecule has 1 atom stereocenters. The van der Waals surface area contributed by atoms with E-state index in [-0.39, 0.29) is 12.6 Å². The van der Waals surface area contributed by atoms with Gasteiger partial charge in [0.25, 0.3) is 0 Å². The van der Waals surface area contributed by atoms with Gasteiger partial charge in [-0.05, 0) is 73.5 Å². The number of methoxy groups -OCH3 is 1. The van der Waals surface area contributed by atoms with Crippen molar-refractivity contribution in [3.63, 3.8) is 0 Å². The van der Waals surface area contributed by atoms with Crippen LogP contribution >= 0.6 is 0 Å². The standard InChI is InChI=1S/C28H27N3O4/c1-4-34-21-16-12-19(13-17-21)26-24(27(32)35-5-2)25(18-10-14-20(33-3)15-11-18)30-28-29-22-8-6-7-9-23(22)31(26)28/h6-17,26H,4-5H2,1-3H3,(H,29,30)/t26-/m0/s1. The van der Waals surface area contributed by atoms with E-state index in [1.807, 2.05) is 86.6 Å². The number of aromatic nitrogens is 2. The van der Waals surface area contributed by atoms with Gasteiger partial charge in [0.15, 0.2) is 0 Å². The van der Waals surface area contributed by atoms with Crippen LogP contribution in [0.4, 0.5) is 5.95 Å². The van der Waals surface area contributed by atoms with Crippen LogP contribution in [-0.2, 0) is 9.53 Å². The summed E-state index contributed by atoms with van der Waals surface area (Å²) in [5, 5.41) is 3.43. The van der Waals surface area contributed by atoms with Crippen LogP contribution in [0.2, 0.25) is 0 Å². The summed E-state index contributed by atoms with van der Waals surface area (Å²) in [4.78, 5) is 18.4. The SMILES string of the molecule is CCOC(=O)C1=C(c2ccc(OC)cc2)Nc2nc3ccccc3n2[C@H]1c1ccc(OCC)cc1. The van der Waals surface area contributed by atoms with E-state index in [2.05, 4.69) is 9.88 Å². The normalized spacial score (nSPS) is 14.9. The average Bonchev–Trinajstić information content (AvgIpc) is 3.27. The Morgan fingerprint density at radius 2 is 1.66 bits per heavy atom. The Balaban J connectivity index is 1.76. The Labute approximate surface area is 204 Å². The van der Waals surface area contributed by atoms with Gasteiger partial charge in [0, 0.05) is 0 Å². The molecule has 0 amide bonds. The number of nitrogens with one attached hydrogen (secondary N) is 1. The highest BCUT2D eigenvalue weighted by Gasteiger charge is 2.36. The smallest absolute Gasteiger partial charge is 0.338 e. The van der Waals surface area contributed by atoms with Crippen LogP contribution < -0.4 is 14.8 Å². The van der Waals surface area contributed by atoms with Crippen molar-refractivity contribution in [2.75, 3.05) is 25.6 Å². The van der Waals surface area contributed by atoms with E-state index < -0.39 is 6.04 Å². The van der Waals surface area contributed by atoms with E-state index in [1.165, 1.54) is 0 Å². The fourth-order valence-corrected chi connectivity index (χ4v) is 4.48. The largest absolute Gasteiger partial charge is 0.497 e. The molecular formula is C28H27N3O4. The maximum atomic E-state index is 13.5. The van der Waals surface area contributed by atoms with E-state index in [0.29, 0.717) is 23.8 Å². The zero-order valence-electron chi connectivity index (χ0n) is 19.9. The molecule has 0 spiro atoms. The predicted molar refractivity (Wildman–Crippen MR) is 136 cm³/mol. The van der Waals surface area contributed by atoms with Crippen molar-refractivity contribution in [2.24, 2.45) is 0 Å². The Bertz CT molecular complexity index is 1390. The number of anilines is 1. The van der Waals surface area contributed by atoms with Crippen molar-refractivity contribution in [3.8, 4) is 11.5 Å². The van der Waals surface area contributed by atoms with Crippen molar-refractivity contribution in [1.29, 1.82) is 0 Å². The predicted octanol–water partition coefficient (Wildman–Crippen LogP) is 5.43. The lowest BCUT2D eigenvalue weighted by atomic mass is 9.92. The first kappa shape index (κ1) is 22.5. The van der Waals surface area contributed by atoms with E-state index in [1.54, 1.807) is 7.11 Å². The summed E-state index contributed by atoms with van der Waals surface area (Å²) < 4.78 is 18.6. The molecule has 0 bridgehead atoms. The Kier molecular flexibility index (Phi) is 6.14. The van der Waals surface area contributed by atoms with Crippen molar-refractivity contribution in [3.05, 3.63) is 89.5 Å². The minimum Gasteiger partial charge on any atom is -0.497 e. The van der Waals surface area contributed by atoms with Gasteiger partial charge in [-0.2, -0.15) is 0 Å². The lowest BCUT2D eigenvalue weighted by molar-refractivity contribution is -0.138. The third-order valence-corrected chi connectivity index (χ3v) is 6.01. The van der Waals surface area contributed by atoms with Gasteiger partial charge in [-0.25, -0.2) is 9.78 Å². The summed E-state index contributed by atoms with van der Waals surface area (Å²) in [6.45, 7) is 4.61. The fraction of sp³-hybridized carbons (Fsp3) is 0.214. The highest BCUT2D eigenvalue weighted by atomic mass is 16.5. The molecule has 1 aromatic heterocycles. The molecule has 7 heteroatoms. The molecule has 1 aliphatic rings. The molecule has 0 fully saturated rings. The second-order valence-electron chi connectivity index (χ2n) is 8.06. The molecule has 0 aliphatic carbocycles. The third-order valence-electron chi connectivity index (χ3n) is 6.01. The van der Waals surface area contributed by atoms with Crippen LogP contribution in [-0.4, -0.2) is 35.8 Å². The third kappa shape index (κ3) is 4.10. The maximum absolute atomic E-state index is 13.5. The molecule has 1 N–H and O–H groups in total. The van der Waals surface area contributed by atoms with Crippen molar-refractivity contribution in [2.45, 2.75) is 19.9 Å². The fourth-order valence-electron chi connectivity index (χ4n) is 4.48. The topological polar surface area (TPSA) is 74.6 Å². The van der Waals surface area contributed by atoms with Gasteiger partial charge < -0.3 is 19.5 Å². The minimum absolute atomic E-state index is 0.270. The van der Waals surface area contributed by atoms with Gasteiger partial charge in [0.1, 0.15) is 11.5 Å². The van der Waals surface area contributed by atoms with Crippen molar-refractivity contribution < 1.29 is 19.0 Å². The highest BCUT2D eigenvalue weighted by Crippen LogP contribution is 2.42. The number of esters is 1. The molecule has 3 aromatic carbocycles. The molecule has 0 saturated heterocycles. The number of fused-ring (bicyclic) bond motifs is 3. The summed E-state index contributed by atoms with van der Waals surface area (Å²) in [5.41, 5.74) is 4.69. The lowest BCUT2D eigenvalue weighted by Crippen LogP contribution is -2.29. The summed E-state index contributed by atoms with van der Waals surface area (Å²) in [6, 6.07) is 22.9. The zero-order valence-corrected chi connectivity index (χ0v) is 19.9. The van der Waals surface area contributed by atoms with E-state index >= 15 is 0 Å². The quantitative estimate of drug-likeness (QED) is 0.364. The van der Waals surface area contributed by atoms with E-state index in [0.717, 1.165) is 33.7 Å². The maximum Gasteiger partial charge on any atom is 0.338 e. The lowest BCUT2D eigenvalue weighted by Gasteiger charge is -2.31. The van der Waals surface area contributed by atoms with E-state index in [4.69, 9.17) is 19.2 Å². The number of nitrogens with zero attached hydrogens (tertiary/aromatic N) is 2. The van der Waals surface area contributed by atoms with Crippen molar-refractivity contribution in [1.82, 2.24) is 9.55 Å². The average molecular weight is 470 g/mol.